The number of hydrogen-bond acceptors (Lipinski definition) is 6. The Kier molecular flexibility index (Phi) is 6.25. The molecule has 0 saturated heterocycles. The van der Waals surface area contributed by atoms with Crippen LogP contribution >= 0.6 is 0 Å². The second kappa shape index (κ2) is 9.21. The van der Waals surface area contributed by atoms with Crippen molar-refractivity contribution in [2.24, 2.45) is 0 Å². The van der Waals surface area contributed by atoms with E-state index in [2.05, 4.69) is 16.7 Å². The van der Waals surface area contributed by atoms with Crippen molar-refractivity contribution in [2.75, 3.05) is 10.6 Å². The van der Waals surface area contributed by atoms with Crippen LogP contribution in [0.1, 0.15) is 12.5 Å². The lowest BCUT2D eigenvalue weighted by molar-refractivity contribution is -0.383. The summed E-state index contributed by atoms with van der Waals surface area (Å²) in [6.07, 6.45) is 0. The number of nitrogens with one attached hydrogen (secondary N) is 2. The van der Waals surface area contributed by atoms with Gasteiger partial charge in [-0.05, 0) is 49.4 Å². The summed E-state index contributed by atoms with van der Waals surface area (Å²) in [5.41, 5.74) is 1.07. The maximum absolute atomic E-state index is 12.4. The highest BCUT2D eigenvalue weighted by atomic mass is 16.6. The molecular weight excluding hydrogens is 384 g/mol. The molecule has 0 aliphatic rings. The van der Waals surface area contributed by atoms with Crippen molar-refractivity contribution in [1.29, 1.82) is 5.26 Å². The zero-order valence-corrected chi connectivity index (χ0v) is 16.0. The van der Waals surface area contributed by atoms with Crippen molar-refractivity contribution in [3.63, 3.8) is 0 Å². The van der Waals surface area contributed by atoms with Gasteiger partial charge in [-0.3, -0.25) is 14.9 Å². The van der Waals surface area contributed by atoms with E-state index in [1.54, 1.807) is 61.5 Å². The molecule has 3 aromatic rings. The summed E-state index contributed by atoms with van der Waals surface area (Å²) < 4.78 is 5.73. The van der Waals surface area contributed by atoms with Crippen molar-refractivity contribution in [3.8, 4) is 17.6 Å². The second-order valence-corrected chi connectivity index (χ2v) is 6.36. The van der Waals surface area contributed by atoms with Gasteiger partial charge in [0, 0.05) is 11.8 Å². The van der Waals surface area contributed by atoms with E-state index < -0.39 is 16.9 Å². The van der Waals surface area contributed by atoms with Gasteiger partial charge in [0.1, 0.15) is 29.3 Å². The molecule has 1 amide bonds. The van der Waals surface area contributed by atoms with Crippen LogP contribution in [0.3, 0.4) is 0 Å². The number of para-hydroxylation sites is 3. The average molecular weight is 402 g/mol. The van der Waals surface area contributed by atoms with Crippen LogP contribution in [-0.2, 0) is 4.79 Å². The van der Waals surface area contributed by atoms with Crippen LogP contribution in [-0.4, -0.2) is 16.9 Å². The third-order valence-electron chi connectivity index (χ3n) is 4.22. The summed E-state index contributed by atoms with van der Waals surface area (Å²) in [6.45, 7) is 1.65. The summed E-state index contributed by atoms with van der Waals surface area (Å²) >= 11 is 0. The van der Waals surface area contributed by atoms with Gasteiger partial charge < -0.3 is 15.4 Å². The van der Waals surface area contributed by atoms with Crippen LogP contribution in [0, 0.1) is 21.4 Å². The van der Waals surface area contributed by atoms with Gasteiger partial charge in [-0.25, -0.2) is 0 Å². The highest BCUT2D eigenvalue weighted by molar-refractivity contribution is 5.97. The molecule has 8 nitrogen and oxygen atoms in total. The first-order valence-corrected chi connectivity index (χ1v) is 9.06. The minimum atomic E-state index is -0.643. The zero-order chi connectivity index (χ0) is 21.5. The van der Waals surface area contributed by atoms with E-state index >= 15 is 0 Å². The van der Waals surface area contributed by atoms with Crippen molar-refractivity contribution in [3.05, 3.63) is 88.5 Å². The van der Waals surface area contributed by atoms with E-state index in [0.29, 0.717) is 22.7 Å². The predicted molar refractivity (Wildman–Crippen MR) is 112 cm³/mol. The molecule has 1 unspecified atom stereocenters. The molecule has 2 N–H and O–H groups in total. The molecule has 1 atom stereocenters. The zero-order valence-electron chi connectivity index (χ0n) is 16.0. The Balaban J connectivity index is 1.63. The van der Waals surface area contributed by atoms with Gasteiger partial charge in [0.2, 0.25) is 5.91 Å². The number of amides is 1. The molecule has 0 aromatic heterocycles. The summed E-state index contributed by atoms with van der Waals surface area (Å²) in [4.78, 5) is 23.0. The molecule has 0 bridgehead atoms. The first-order valence-electron chi connectivity index (χ1n) is 9.06. The van der Waals surface area contributed by atoms with E-state index in [0.717, 1.165) is 0 Å². The third kappa shape index (κ3) is 4.91. The Morgan fingerprint density at radius 2 is 1.73 bits per heavy atom. The Labute approximate surface area is 172 Å². The Morgan fingerprint density at radius 3 is 2.43 bits per heavy atom. The van der Waals surface area contributed by atoms with Crippen LogP contribution < -0.4 is 15.4 Å². The number of anilines is 2. The number of hydrogen-bond donors (Lipinski definition) is 2. The SMILES string of the molecule is CC(Nc1ccc(Oc2ccccc2C#N)cc1)C(=O)Nc1ccccc1[N+](=O)[O-]. The lowest BCUT2D eigenvalue weighted by Crippen LogP contribution is -2.32. The van der Waals surface area contributed by atoms with Crippen LogP contribution in [0.15, 0.2) is 72.8 Å². The number of nitriles is 1. The highest BCUT2D eigenvalue weighted by Gasteiger charge is 2.18. The standard InChI is InChI=1S/C22H18N4O4/c1-15(22(27)25-19-7-3-4-8-20(19)26(28)29)24-17-10-12-18(13-11-17)30-21-9-5-2-6-16(21)14-23/h2-13,15,24H,1H3,(H,25,27). The van der Waals surface area contributed by atoms with Crippen molar-refractivity contribution >= 4 is 23.0 Å². The Bertz CT molecular complexity index is 1110. The van der Waals surface area contributed by atoms with Gasteiger partial charge in [-0.2, -0.15) is 5.26 Å². The van der Waals surface area contributed by atoms with Crippen molar-refractivity contribution in [1.82, 2.24) is 0 Å². The van der Waals surface area contributed by atoms with E-state index in [1.807, 2.05) is 0 Å². The van der Waals surface area contributed by atoms with Gasteiger partial charge in [-0.1, -0.05) is 24.3 Å². The van der Waals surface area contributed by atoms with Crippen molar-refractivity contribution < 1.29 is 14.5 Å². The number of carbonyl (C=O) groups is 1. The van der Waals surface area contributed by atoms with Crippen LogP contribution in [0.5, 0.6) is 11.5 Å². The Morgan fingerprint density at radius 1 is 1.07 bits per heavy atom. The van der Waals surface area contributed by atoms with Crippen LogP contribution in [0.25, 0.3) is 0 Å². The quantitative estimate of drug-likeness (QED) is 0.437. The monoisotopic (exact) mass is 402 g/mol. The molecular formula is C22H18N4O4. The number of nitro benzene ring substituents is 1. The number of benzene rings is 3. The molecule has 0 fully saturated rings. The van der Waals surface area contributed by atoms with Gasteiger partial charge >= 0.3 is 0 Å². The first-order chi connectivity index (χ1) is 14.5. The maximum Gasteiger partial charge on any atom is 0.292 e. The lowest BCUT2D eigenvalue weighted by Gasteiger charge is -2.16. The van der Waals surface area contributed by atoms with E-state index in [1.165, 1.54) is 18.2 Å². The second-order valence-electron chi connectivity index (χ2n) is 6.36. The summed E-state index contributed by atoms with van der Waals surface area (Å²) in [6, 6.07) is 21.2. The number of nitrogens with zero attached hydrogens (tertiary/aromatic N) is 2. The fourth-order valence-corrected chi connectivity index (χ4v) is 2.69. The number of rotatable bonds is 7. The predicted octanol–water partition coefficient (Wildman–Crippen LogP) is 4.70. The minimum absolute atomic E-state index is 0.140. The third-order valence-corrected chi connectivity index (χ3v) is 4.22. The molecule has 3 rings (SSSR count). The van der Waals surface area contributed by atoms with Gasteiger partial charge in [0.05, 0.1) is 10.5 Å². The van der Waals surface area contributed by atoms with E-state index in [-0.39, 0.29) is 11.4 Å². The number of carbonyl (C=O) groups excluding carboxylic acids is 1. The summed E-state index contributed by atoms with van der Waals surface area (Å²) in [5, 5.41) is 25.8. The van der Waals surface area contributed by atoms with E-state index in [9.17, 15) is 14.9 Å². The van der Waals surface area contributed by atoms with E-state index in [4.69, 9.17) is 10.00 Å². The molecule has 30 heavy (non-hydrogen) atoms. The molecule has 0 saturated carbocycles. The normalized spacial score (nSPS) is 11.1. The van der Waals surface area contributed by atoms with Crippen LogP contribution in [0.2, 0.25) is 0 Å². The Hall–Kier alpha value is -4.38. The molecule has 8 heteroatoms. The fraction of sp³-hybridized carbons (Fsp3) is 0.0909. The summed E-state index contributed by atoms with van der Waals surface area (Å²) in [7, 11) is 0. The fourth-order valence-electron chi connectivity index (χ4n) is 2.69. The highest BCUT2D eigenvalue weighted by Crippen LogP contribution is 2.26. The molecule has 0 aliphatic carbocycles. The number of nitro groups is 1. The summed E-state index contributed by atoms with van der Waals surface area (Å²) in [5.74, 6) is 0.589. The van der Waals surface area contributed by atoms with Gasteiger partial charge in [0.15, 0.2) is 0 Å². The van der Waals surface area contributed by atoms with Crippen molar-refractivity contribution in [2.45, 2.75) is 13.0 Å². The van der Waals surface area contributed by atoms with Gasteiger partial charge in [0.25, 0.3) is 5.69 Å². The minimum Gasteiger partial charge on any atom is -0.456 e. The molecule has 3 aromatic carbocycles. The smallest absolute Gasteiger partial charge is 0.292 e. The largest absolute Gasteiger partial charge is 0.456 e. The lowest BCUT2D eigenvalue weighted by atomic mass is 10.2. The maximum atomic E-state index is 12.4. The molecule has 150 valence electrons. The molecule has 0 radical (unpaired) electrons. The van der Waals surface area contributed by atoms with Gasteiger partial charge in [-0.15, -0.1) is 0 Å². The number of ether oxygens (including phenoxy) is 1. The topological polar surface area (TPSA) is 117 Å². The molecule has 0 heterocycles. The average Bonchev–Trinajstić information content (AvgIpc) is 2.75. The first kappa shape index (κ1) is 20.4. The van der Waals surface area contributed by atoms with Crippen LogP contribution in [0.4, 0.5) is 17.1 Å². The molecule has 0 aliphatic heterocycles. The molecule has 0 spiro atoms.